The Bertz CT molecular complexity index is 596. The second-order valence-corrected chi connectivity index (χ2v) is 6.03. The molecule has 0 N–H and O–H groups in total. The predicted octanol–water partition coefficient (Wildman–Crippen LogP) is 6.11. The van der Waals surface area contributed by atoms with Crippen LogP contribution in [0.5, 0.6) is 5.75 Å². The summed E-state index contributed by atoms with van der Waals surface area (Å²) in [6, 6.07) is 13.2. The zero-order valence-corrected chi connectivity index (χ0v) is 13.5. The maximum absolute atomic E-state index is 6.51. The van der Waals surface area contributed by atoms with Gasteiger partial charge in [-0.1, -0.05) is 41.4 Å². The van der Waals surface area contributed by atoms with E-state index >= 15 is 0 Å². The van der Waals surface area contributed by atoms with Crippen molar-refractivity contribution in [2.45, 2.75) is 25.3 Å². The topological polar surface area (TPSA) is 9.23 Å². The third-order valence-corrected chi connectivity index (χ3v) is 4.00. The minimum Gasteiger partial charge on any atom is -0.491 e. The summed E-state index contributed by atoms with van der Waals surface area (Å²) in [5.41, 5.74) is 1.87. The average molecular weight is 330 g/mol. The van der Waals surface area contributed by atoms with E-state index in [2.05, 4.69) is 0 Å². The van der Waals surface area contributed by atoms with Gasteiger partial charge in [-0.3, -0.25) is 0 Å². The van der Waals surface area contributed by atoms with E-state index in [1.54, 1.807) is 12.1 Å². The number of alkyl halides is 1. The first-order valence-corrected chi connectivity index (χ1v) is 7.52. The van der Waals surface area contributed by atoms with Crippen molar-refractivity contribution in [2.75, 3.05) is 0 Å². The lowest BCUT2D eigenvalue weighted by Crippen LogP contribution is -2.05. The van der Waals surface area contributed by atoms with Gasteiger partial charge < -0.3 is 4.74 Å². The highest BCUT2D eigenvalue weighted by molar-refractivity contribution is 6.42. The van der Waals surface area contributed by atoms with E-state index in [0.29, 0.717) is 10.0 Å². The molecule has 0 spiro atoms. The lowest BCUT2D eigenvalue weighted by molar-refractivity contribution is 0.242. The van der Waals surface area contributed by atoms with E-state index < -0.39 is 0 Å². The second kappa shape index (κ2) is 6.71. The Morgan fingerprint density at radius 1 is 0.900 bits per heavy atom. The average Bonchev–Trinajstić information content (AvgIpc) is 2.40. The normalized spacial score (nSPS) is 12.5. The fourth-order valence-electron chi connectivity index (χ4n) is 1.88. The Morgan fingerprint density at radius 3 is 2.25 bits per heavy atom. The van der Waals surface area contributed by atoms with Crippen molar-refractivity contribution in [1.82, 2.24) is 0 Å². The van der Waals surface area contributed by atoms with Gasteiger partial charge in [0.05, 0.1) is 21.5 Å². The van der Waals surface area contributed by atoms with E-state index in [1.165, 1.54) is 0 Å². The Hall–Kier alpha value is -0.890. The van der Waals surface area contributed by atoms with Crippen LogP contribution < -0.4 is 4.74 Å². The highest BCUT2D eigenvalue weighted by atomic mass is 35.5. The van der Waals surface area contributed by atoms with Gasteiger partial charge in [-0.2, -0.15) is 0 Å². The highest BCUT2D eigenvalue weighted by Crippen LogP contribution is 2.34. The molecule has 1 unspecified atom stereocenters. The molecule has 2 rings (SSSR count). The molecule has 20 heavy (non-hydrogen) atoms. The van der Waals surface area contributed by atoms with Crippen LogP contribution in [0.2, 0.25) is 10.0 Å². The van der Waals surface area contributed by atoms with E-state index in [-0.39, 0.29) is 11.5 Å². The molecule has 0 aliphatic rings. The van der Waals surface area contributed by atoms with Crippen molar-refractivity contribution in [3.63, 3.8) is 0 Å². The number of hydrogen-bond donors (Lipinski definition) is 0. The summed E-state index contributed by atoms with van der Waals surface area (Å²) >= 11 is 18.5. The summed E-state index contributed by atoms with van der Waals surface area (Å²) in [5.74, 6) is 0.809. The van der Waals surface area contributed by atoms with Gasteiger partial charge in [-0.05, 0) is 49.2 Å². The standard InChI is InChI=1S/C16H15Cl3O/c1-10(2)20-13-5-3-4-11(8-13)16(19)12-6-7-14(17)15(18)9-12/h3-10,16H,1-2H3. The van der Waals surface area contributed by atoms with Crippen LogP contribution in [-0.2, 0) is 0 Å². The molecule has 1 atom stereocenters. The number of ether oxygens (including phenoxy) is 1. The van der Waals surface area contributed by atoms with Crippen LogP contribution >= 0.6 is 34.8 Å². The van der Waals surface area contributed by atoms with Gasteiger partial charge in [-0.25, -0.2) is 0 Å². The van der Waals surface area contributed by atoms with Crippen molar-refractivity contribution in [2.24, 2.45) is 0 Å². The molecule has 0 heterocycles. The van der Waals surface area contributed by atoms with Crippen molar-refractivity contribution in [3.05, 3.63) is 63.6 Å². The first-order chi connectivity index (χ1) is 9.47. The van der Waals surface area contributed by atoms with Crippen molar-refractivity contribution < 1.29 is 4.74 Å². The molecule has 0 fully saturated rings. The molecule has 4 heteroatoms. The number of benzene rings is 2. The number of hydrogen-bond acceptors (Lipinski definition) is 1. The van der Waals surface area contributed by atoms with Crippen LogP contribution in [0.25, 0.3) is 0 Å². The molecule has 0 aliphatic heterocycles. The molecule has 2 aromatic carbocycles. The van der Waals surface area contributed by atoms with Gasteiger partial charge in [0.25, 0.3) is 0 Å². The molecular weight excluding hydrogens is 315 g/mol. The summed E-state index contributed by atoms with van der Waals surface area (Å²) in [6.45, 7) is 3.98. The number of rotatable bonds is 4. The number of halogens is 3. The summed E-state index contributed by atoms with van der Waals surface area (Å²) in [7, 11) is 0. The Morgan fingerprint density at radius 2 is 1.60 bits per heavy atom. The second-order valence-electron chi connectivity index (χ2n) is 4.78. The highest BCUT2D eigenvalue weighted by Gasteiger charge is 2.13. The quantitative estimate of drug-likeness (QED) is 0.615. The van der Waals surface area contributed by atoms with Gasteiger partial charge in [-0.15, -0.1) is 11.6 Å². The summed E-state index contributed by atoms with van der Waals surface area (Å²) in [4.78, 5) is 0. The molecule has 0 aromatic heterocycles. The fraction of sp³-hybridized carbons (Fsp3) is 0.250. The van der Waals surface area contributed by atoms with Crippen LogP contribution in [0.3, 0.4) is 0 Å². The third kappa shape index (κ3) is 3.82. The lowest BCUT2D eigenvalue weighted by Gasteiger charge is -2.14. The van der Waals surface area contributed by atoms with Crippen LogP contribution in [0.1, 0.15) is 30.4 Å². The first kappa shape index (κ1) is 15.5. The third-order valence-electron chi connectivity index (χ3n) is 2.76. The SMILES string of the molecule is CC(C)Oc1cccc(C(Cl)c2ccc(Cl)c(Cl)c2)c1. The minimum absolute atomic E-state index is 0.129. The van der Waals surface area contributed by atoms with Gasteiger partial charge in [0.2, 0.25) is 0 Å². The summed E-state index contributed by atoms with van der Waals surface area (Å²) < 4.78 is 5.68. The van der Waals surface area contributed by atoms with E-state index in [4.69, 9.17) is 39.5 Å². The van der Waals surface area contributed by atoms with E-state index in [9.17, 15) is 0 Å². The van der Waals surface area contributed by atoms with Gasteiger partial charge >= 0.3 is 0 Å². The molecule has 1 nitrogen and oxygen atoms in total. The summed E-state index contributed by atoms with van der Waals surface area (Å²) in [6.07, 6.45) is 0.129. The predicted molar refractivity (Wildman–Crippen MR) is 86.4 cm³/mol. The Kier molecular flexibility index (Phi) is 5.20. The van der Waals surface area contributed by atoms with Crippen molar-refractivity contribution in [3.8, 4) is 5.75 Å². The molecular formula is C16H15Cl3O. The molecule has 0 aliphatic carbocycles. The Balaban J connectivity index is 2.28. The largest absolute Gasteiger partial charge is 0.491 e. The van der Waals surface area contributed by atoms with E-state index in [0.717, 1.165) is 16.9 Å². The van der Waals surface area contributed by atoms with Gasteiger partial charge in [0.1, 0.15) is 5.75 Å². The summed E-state index contributed by atoms with van der Waals surface area (Å²) in [5, 5.41) is 0.737. The molecule has 106 valence electrons. The van der Waals surface area contributed by atoms with Crippen molar-refractivity contribution in [1.29, 1.82) is 0 Å². The van der Waals surface area contributed by atoms with Crippen LogP contribution in [0.15, 0.2) is 42.5 Å². The van der Waals surface area contributed by atoms with Crippen LogP contribution in [0, 0.1) is 0 Å². The maximum atomic E-state index is 6.51. The fourth-order valence-corrected chi connectivity index (χ4v) is 2.46. The molecule has 0 radical (unpaired) electrons. The van der Waals surface area contributed by atoms with Crippen molar-refractivity contribution >= 4 is 34.8 Å². The zero-order chi connectivity index (χ0) is 14.7. The molecule has 0 bridgehead atoms. The Labute approximate surface area is 134 Å². The van der Waals surface area contributed by atoms with E-state index in [1.807, 2.05) is 44.2 Å². The van der Waals surface area contributed by atoms with Gasteiger partial charge in [0.15, 0.2) is 0 Å². The first-order valence-electron chi connectivity index (χ1n) is 6.33. The lowest BCUT2D eigenvalue weighted by atomic mass is 10.0. The minimum atomic E-state index is -0.291. The maximum Gasteiger partial charge on any atom is 0.120 e. The zero-order valence-electron chi connectivity index (χ0n) is 11.2. The van der Waals surface area contributed by atoms with Crippen LogP contribution in [0.4, 0.5) is 0 Å². The molecule has 0 amide bonds. The smallest absolute Gasteiger partial charge is 0.120 e. The van der Waals surface area contributed by atoms with Gasteiger partial charge in [0, 0.05) is 0 Å². The van der Waals surface area contributed by atoms with Crippen LogP contribution in [-0.4, -0.2) is 6.10 Å². The molecule has 0 saturated carbocycles. The molecule has 0 saturated heterocycles. The monoisotopic (exact) mass is 328 g/mol. The molecule has 2 aromatic rings.